The Morgan fingerprint density at radius 3 is 1.27 bits per heavy atom. The van der Waals surface area contributed by atoms with Crippen molar-refractivity contribution in [1.82, 2.24) is 0 Å². The molecule has 0 aromatic carbocycles. The molecule has 1 aliphatic rings. The van der Waals surface area contributed by atoms with Gasteiger partial charge in [-0.05, 0) is 11.1 Å². The first-order chi connectivity index (χ1) is 10.5. The molecule has 2 atom stereocenters. The van der Waals surface area contributed by atoms with Gasteiger partial charge in [0.05, 0.1) is 24.3 Å². The first-order valence-electron chi connectivity index (χ1n) is 5.95. The van der Waals surface area contributed by atoms with E-state index in [2.05, 4.69) is 20.1 Å². The highest BCUT2D eigenvalue weighted by Gasteiger charge is 2.65. The predicted molar refractivity (Wildman–Crippen MR) is 71.0 cm³/mol. The Morgan fingerprint density at radius 1 is 0.818 bits per heavy atom. The van der Waals surface area contributed by atoms with Crippen LogP contribution in [0.15, 0.2) is 21.6 Å². The minimum absolute atomic E-state index is 0.114. The topological polar surface area (TPSA) is 193 Å². The smallest absolute Gasteiger partial charge is 0.182 e. The van der Waals surface area contributed by atoms with Crippen LogP contribution in [0.3, 0.4) is 0 Å². The third-order valence-electron chi connectivity index (χ3n) is 4.01. The summed E-state index contributed by atoms with van der Waals surface area (Å²) in [5.41, 5.74) is 13.0. The van der Waals surface area contributed by atoms with Crippen LogP contribution < -0.4 is 0 Å². The van der Waals surface area contributed by atoms with Gasteiger partial charge in [-0.2, -0.15) is 21.0 Å². The van der Waals surface area contributed by atoms with Gasteiger partial charge in [0.1, 0.15) is 0 Å². The molecule has 0 saturated carbocycles. The van der Waals surface area contributed by atoms with E-state index >= 15 is 0 Å². The molecular formula is C12H8N10. The van der Waals surface area contributed by atoms with Gasteiger partial charge in [0.25, 0.3) is 0 Å². The Bertz CT molecular complexity index is 699. The second kappa shape index (κ2) is 5.75. The van der Waals surface area contributed by atoms with Crippen molar-refractivity contribution in [1.29, 1.82) is 21.0 Å². The summed E-state index contributed by atoms with van der Waals surface area (Å²) in [4.78, 5) is 5.22. The highest BCUT2D eigenvalue weighted by Crippen LogP contribution is 2.58. The van der Waals surface area contributed by atoms with Gasteiger partial charge in [-0.3, -0.25) is 0 Å². The average Bonchev–Trinajstić information content (AvgIpc) is 2.54. The summed E-state index contributed by atoms with van der Waals surface area (Å²) >= 11 is 0. The Balaban J connectivity index is 4.05. The number of hydrogen-bond donors (Lipinski definition) is 0. The zero-order valence-electron chi connectivity index (χ0n) is 11.6. The molecular weight excluding hydrogens is 284 g/mol. The lowest BCUT2D eigenvalue weighted by Crippen LogP contribution is -2.51. The molecule has 1 aliphatic carbocycles. The molecule has 0 spiro atoms. The normalized spacial score (nSPS) is 24.3. The Hall–Kier alpha value is -3.68. The summed E-state index contributed by atoms with van der Waals surface area (Å²) in [5, 5.41) is 44.8. The minimum atomic E-state index is -2.06. The maximum Gasteiger partial charge on any atom is 0.182 e. The lowest BCUT2D eigenvalue weighted by molar-refractivity contribution is 0.152. The third-order valence-corrected chi connectivity index (χ3v) is 4.01. The van der Waals surface area contributed by atoms with Crippen molar-refractivity contribution in [3.8, 4) is 24.3 Å². The van der Waals surface area contributed by atoms with Gasteiger partial charge >= 0.3 is 0 Å². The maximum atomic E-state index is 9.49. The summed E-state index contributed by atoms with van der Waals surface area (Å²) in [6.07, 6.45) is 0. The number of rotatable bonds is 2. The van der Waals surface area contributed by atoms with Crippen molar-refractivity contribution in [2.75, 3.05) is 0 Å². The Labute approximate surface area is 125 Å². The zero-order valence-corrected chi connectivity index (χ0v) is 11.6. The van der Waals surface area contributed by atoms with Gasteiger partial charge in [-0.1, -0.05) is 24.1 Å². The van der Waals surface area contributed by atoms with Crippen molar-refractivity contribution in [3.63, 3.8) is 0 Å². The van der Waals surface area contributed by atoms with Crippen molar-refractivity contribution in [3.05, 3.63) is 32.3 Å². The molecule has 0 bridgehead atoms. The molecule has 106 valence electrons. The second-order valence-corrected chi connectivity index (χ2v) is 4.66. The fraction of sp³-hybridized carbons (Fsp3) is 0.500. The first-order valence-corrected chi connectivity index (χ1v) is 5.95. The average molecular weight is 292 g/mol. The number of nitrogens with zero attached hydrogens (tertiary/aromatic N) is 10. The van der Waals surface area contributed by atoms with Crippen molar-refractivity contribution < 1.29 is 0 Å². The fourth-order valence-corrected chi connectivity index (χ4v) is 2.70. The molecule has 0 heterocycles. The molecule has 0 aromatic heterocycles. The number of hydrogen-bond acceptors (Lipinski definition) is 6. The van der Waals surface area contributed by atoms with E-state index in [0.717, 1.165) is 0 Å². The number of azide groups is 2. The summed E-state index contributed by atoms with van der Waals surface area (Å²) < 4.78 is 0. The van der Waals surface area contributed by atoms with Crippen LogP contribution in [0.25, 0.3) is 20.9 Å². The van der Waals surface area contributed by atoms with Crippen molar-refractivity contribution in [2.24, 2.45) is 32.9 Å². The van der Waals surface area contributed by atoms with Gasteiger partial charge in [0.15, 0.2) is 10.8 Å². The molecule has 0 amide bonds. The lowest BCUT2D eigenvalue weighted by atomic mass is 9.51. The second-order valence-electron chi connectivity index (χ2n) is 4.66. The van der Waals surface area contributed by atoms with Gasteiger partial charge < -0.3 is 0 Å². The van der Waals surface area contributed by atoms with E-state index in [4.69, 9.17) is 11.1 Å². The van der Waals surface area contributed by atoms with E-state index in [9.17, 15) is 21.0 Å². The molecule has 0 radical (unpaired) electrons. The quantitative estimate of drug-likeness (QED) is 0.428. The molecule has 0 aliphatic heterocycles. The van der Waals surface area contributed by atoms with Gasteiger partial charge in [-0.25, -0.2) is 0 Å². The highest BCUT2D eigenvalue weighted by atomic mass is 15.2. The van der Waals surface area contributed by atoms with Crippen LogP contribution in [-0.4, -0.2) is 0 Å². The largest absolute Gasteiger partial charge is 0.196 e. The zero-order chi connectivity index (χ0) is 17.0. The lowest BCUT2D eigenvalue weighted by Gasteiger charge is -2.44. The fourth-order valence-electron chi connectivity index (χ4n) is 2.70. The van der Waals surface area contributed by atoms with Crippen LogP contribution in [0.5, 0.6) is 0 Å². The monoisotopic (exact) mass is 292 g/mol. The summed E-state index contributed by atoms with van der Waals surface area (Å²) in [6.45, 7) is 2.75. The minimum Gasteiger partial charge on any atom is -0.196 e. The maximum absolute atomic E-state index is 9.49. The molecule has 10 nitrogen and oxygen atoms in total. The van der Waals surface area contributed by atoms with Crippen molar-refractivity contribution in [2.45, 2.75) is 13.8 Å². The molecule has 0 N–H and O–H groups in total. The van der Waals surface area contributed by atoms with Crippen molar-refractivity contribution >= 4 is 0 Å². The molecule has 0 aromatic rings. The predicted octanol–water partition coefficient (Wildman–Crippen LogP) is 3.17. The Kier molecular flexibility index (Phi) is 4.28. The third kappa shape index (κ3) is 1.71. The molecule has 1 rings (SSSR count). The van der Waals surface area contributed by atoms with E-state index < -0.39 is 22.7 Å². The number of nitriles is 4. The first kappa shape index (κ1) is 16.4. The summed E-state index contributed by atoms with van der Waals surface area (Å²) in [6, 6.07) is 6.93. The summed E-state index contributed by atoms with van der Waals surface area (Å²) in [7, 11) is 0. The van der Waals surface area contributed by atoms with Crippen LogP contribution in [0.1, 0.15) is 13.8 Å². The highest BCUT2D eigenvalue weighted by molar-refractivity contribution is 5.46. The van der Waals surface area contributed by atoms with Gasteiger partial charge in [0.2, 0.25) is 0 Å². The van der Waals surface area contributed by atoms with E-state index in [1.54, 1.807) is 24.3 Å². The molecule has 0 fully saturated rings. The SMILES string of the molecule is C[C@@H]1C(N=[N+]=[N-])=C(N=[N+]=[N-])[C@H](C)C(C#N)(C#N)C1(C#N)C#N. The standard InChI is InChI=1S/C12H8N10/c1-7-9(19-21-17)10(20-22-18)8(2)12(5-15,6-16)11(7,3-13)4-14/h7-8H,1-2H3/t7-,8+. The van der Waals surface area contributed by atoms with Gasteiger partial charge in [-0.15, -0.1) is 0 Å². The van der Waals surface area contributed by atoms with E-state index in [-0.39, 0.29) is 11.4 Å². The van der Waals surface area contributed by atoms with Crippen LogP contribution in [-0.2, 0) is 0 Å². The van der Waals surface area contributed by atoms with E-state index in [1.807, 2.05) is 0 Å². The molecule has 0 unspecified atom stereocenters. The van der Waals surface area contributed by atoms with Crippen LogP contribution in [0, 0.1) is 68.0 Å². The van der Waals surface area contributed by atoms with Crippen LogP contribution >= 0.6 is 0 Å². The van der Waals surface area contributed by atoms with Crippen LogP contribution in [0.2, 0.25) is 0 Å². The summed E-state index contributed by atoms with van der Waals surface area (Å²) in [5.74, 6) is -2.18. The van der Waals surface area contributed by atoms with E-state index in [0.29, 0.717) is 0 Å². The molecule has 22 heavy (non-hydrogen) atoms. The van der Waals surface area contributed by atoms with Crippen LogP contribution in [0.4, 0.5) is 0 Å². The van der Waals surface area contributed by atoms with E-state index in [1.165, 1.54) is 13.8 Å². The van der Waals surface area contributed by atoms with Gasteiger partial charge in [0, 0.05) is 33.1 Å². The molecule has 10 heteroatoms. The molecule has 0 saturated heterocycles. The number of allylic oxidation sites excluding steroid dienone is 2. The Morgan fingerprint density at radius 2 is 1.09 bits per heavy atom.